The predicted octanol–water partition coefficient (Wildman–Crippen LogP) is 4.47. The van der Waals surface area contributed by atoms with Crippen molar-refractivity contribution in [2.24, 2.45) is 0 Å². The van der Waals surface area contributed by atoms with Crippen LogP contribution in [0, 0.1) is 6.92 Å². The zero-order valence-electron chi connectivity index (χ0n) is 14.3. The summed E-state index contributed by atoms with van der Waals surface area (Å²) in [5.41, 5.74) is 2.53. The number of benzene rings is 1. The smallest absolute Gasteiger partial charge is 0.348 e. The van der Waals surface area contributed by atoms with Crippen molar-refractivity contribution in [2.45, 2.75) is 13.8 Å². The minimum Gasteiger partial charge on any atom is -0.462 e. The number of carbonyl (C=O) groups is 1. The molecule has 0 bridgehead atoms. The number of hydrogen-bond donors (Lipinski definition) is 1. The topological polar surface area (TPSA) is 77.0 Å². The summed E-state index contributed by atoms with van der Waals surface area (Å²) in [5.74, 6) is 0.322. The zero-order valence-corrected chi connectivity index (χ0v) is 15.1. The highest BCUT2D eigenvalue weighted by atomic mass is 32.1. The molecule has 26 heavy (non-hydrogen) atoms. The first-order valence-electron chi connectivity index (χ1n) is 8.21. The molecular weight excluding hydrogens is 348 g/mol. The van der Waals surface area contributed by atoms with Crippen LogP contribution in [0.3, 0.4) is 0 Å². The van der Waals surface area contributed by atoms with Gasteiger partial charge in [-0.25, -0.2) is 14.8 Å². The van der Waals surface area contributed by atoms with Gasteiger partial charge in [-0.2, -0.15) is 0 Å². The summed E-state index contributed by atoms with van der Waals surface area (Å²) in [4.78, 5) is 26.7. The Balaban J connectivity index is 1.83. The van der Waals surface area contributed by atoms with E-state index in [0.29, 0.717) is 17.3 Å². The van der Waals surface area contributed by atoms with Crippen LogP contribution in [0.25, 0.3) is 21.1 Å². The first-order valence-corrected chi connectivity index (χ1v) is 9.02. The van der Waals surface area contributed by atoms with E-state index in [0.717, 1.165) is 32.4 Å². The lowest BCUT2D eigenvalue weighted by atomic mass is 10.1. The molecule has 130 valence electrons. The molecule has 0 saturated carbocycles. The molecule has 4 aromatic rings. The minimum atomic E-state index is -0.328. The van der Waals surface area contributed by atoms with Crippen molar-refractivity contribution < 1.29 is 9.53 Å². The second-order valence-corrected chi connectivity index (χ2v) is 6.68. The summed E-state index contributed by atoms with van der Waals surface area (Å²) in [6, 6.07) is 9.85. The summed E-state index contributed by atoms with van der Waals surface area (Å²) in [6.07, 6.45) is 3.26. The predicted molar refractivity (Wildman–Crippen MR) is 103 cm³/mol. The standard InChI is InChI=1S/C19H16N4O2S/c1-3-25-19(24)16-11(2)14-17(21-10-22-18(14)26-16)23-13-8-4-6-12-7-5-9-20-15(12)13/h4-10H,3H2,1-2H3,(H,21,22,23). The first kappa shape index (κ1) is 16.4. The number of aryl methyl sites for hydroxylation is 1. The van der Waals surface area contributed by atoms with Crippen molar-refractivity contribution in [3.8, 4) is 0 Å². The number of hydrogen-bond acceptors (Lipinski definition) is 7. The molecule has 0 amide bonds. The second-order valence-electron chi connectivity index (χ2n) is 5.68. The van der Waals surface area contributed by atoms with Gasteiger partial charge in [0.15, 0.2) is 0 Å². The Morgan fingerprint density at radius 1 is 1.19 bits per heavy atom. The zero-order chi connectivity index (χ0) is 18.1. The average molecular weight is 364 g/mol. The van der Waals surface area contributed by atoms with Crippen LogP contribution >= 0.6 is 11.3 Å². The molecule has 0 radical (unpaired) electrons. The monoisotopic (exact) mass is 364 g/mol. The number of rotatable bonds is 4. The fraction of sp³-hybridized carbons (Fsp3) is 0.158. The molecule has 4 rings (SSSR count). The number of nitrogens with one attached hydrogen (secondary N) is 1. The maximum Gasteiger partial charge on any atom is 0.348 e. The Morgan fingerprint density at radius 2 is 2.04 bits per heavy atom. The molecule has 0 saturated heterocycles. The summed E-state index contributed by atoms with van der Waals surface area (Å²) in [7, 11) is 0. The third kappa shape index (κ3) is 2.76. The van der Waals surface area contributed by atoms with Gasteiger partial charge in [0, 0.05) is 11.6 Å². The van der Waals surface area contributed by atoms with Gasteiger partial charge < -0.3 is 10.1 Å². The summed E-state index contributed by atoms with van der Waals surface area (Å²) < 4.78 is 5.15. The van der Waals surface area contributed by atoms with E-state index in [2.05, 4.69) is 20.3 Å². The van der Waals surface area contributed by atoms with Gasteiger partial charge in [0.2, 0.25) is 0 Å². The number of carbonyl (C=O) groups excluding carboxylic acids is 1. The minimum absolute atomic E-state index is 0.328. The SMILES string of the molecule is CCOC(=O)c1sc2ncnc(Nc3cccc4cccnc34)c2c1C. The lowest BCUT2D eigenvalue weighted by Gasteiger charge is -2.09. The maximum atomic E-state index is 12.2. The number of ether oxygens (including phenoxy) is 1. The maximum absolute atomic E-state index is 12.2. The number of thiophene rings is 1. The number of aromatic nitrogens is 3. The van der Waals surface area contributed by atoms with E-state index < -0.39 is 0 Å². The highest BCUT2D eigenvalue weighted by Crippen LogP contribution is 2.35. The van der Waals surface area contributed by atoms with Gasteiger partial charge in [-0.1, -0.05) is 18.2 Å². The van der Waals surface area contributed by atoms with Crippen molar-refractivity contribution in [3.05, 3.63) is 53.3 Å². The quantitative estimate of drug-likeness (QED) is 0.539. The Morgan fingerprint density at radius 3 is 2.88 bits per heavy atom. The largest absolute Gasteiger partial charge is 0.462 e. The molecule has 1 aromatic carbocycles. The van der Waals surface area contributed by atoms with Crippen LogP contribution in [0.5, 0.6) is 0 Å². The van der Waals surface area contributed by atoms with Gasteiger partial charge in [0.05, 0.1) is 23.2 Å². The van der Waals surface area contributed by atoms with Crippen molar-refractivity contribution >= 4 is 49.9 Å². The number of esters is 1. The van der Waals surface area contributed by atoms with Crippen molar-refractivity contribution in [2.75, 3.05) is 11.9 Å². The van der Waals surface area contributed by atoms with Gasteiger partial charge >= 0.3 is 5.97 Å². The Bertz CT molecular complexity index is 1120. The molecule has 0 aliphatic carbocycles. The number of para-hydroxylation sites is 1. The molecule has 0 atom stereocenters. The summed E-state index contributed by atoms with van der Waals surface area (Å²) in [6.45, 7) is 4.02. The van der Waals surface area contributed by atoms with Crippen LogP contribution in [0.1, 0.15) is 22.2 Å². The lowest BCUT2D eigenvalue weighted by molar-refractivity contribution is 0.0531. The normalized spacial score (nSPS) is 11.0. The van der Waals surface area contributed by atoms with Gasteiger partial charge in [0.25, 0.3) is 0 Å². The molecule has 0 unspecified atom stereocenters. The molecule has 0 aliphatic rings. The van der Waals surface area contributed by atoms with Crippen molar-refractivity contribution in [1.29, 1.82) is 0 Å². The summed E-state index contributed by atoms with van der Waals surface area (Å²) >= 11 is 1.32. The van der Waals surface area contributed by atoms with E-state index in [1.807, 2.05) is 37.3 Å². The molecule has 3 heterocycles. The highest BCUT2D eigenvalue weighted by Gasteiger charge is 2.20. The van der Waals surface area contributed by atoms with Crippen LogP contribution in [0.2, 0.25) is 0 Å². The van der Waals surface area contributed by atoms with Crippen LogP contribution in [-0.4, -0.2) is 27.5 Å². The first-order chi connectivity index (χ1) is 12.7. The Hall–Kier alpha value is -3.06. The molecule has 6 nitrogen and oxygen atoms in total. The molecule has 0 spiro atoms. The molecular formula is C19H16N4O2S. The lowest BCUT2D eigenvalue weighted by Crippen LogP contribution is -2.03. The van der Waals surface area contributed by atoms with Gasteiger partial charge in [0.1, 0.15) is 21.9 Å². The Kier molecular flexibility index (Phi) is 4.22. The second kappa shape index (κ2) is 6.68. The van der Waals surface area contributed by atoms with Crippen LogP contribution in [0.15, 0.2) is 42.9 Å². The van der Waals surface area contributed by atoms with E-state index in [1.165, 1.54) is 17.7 Å². The number of pyridine rings is 1. The van der Waals surface area contributed by atoms with E-state index in [4.69, 9.17) is 4.74 Å². The van der Waals surface area contributed by atoms with Gasteiger partial charge in [-0.05, 0) is 31.5 Å². The number of anilines is 2. The molecule has 3 aromatic heterocycles. The fourth-order valence-corrected chi connectivity index (χ4v) is 3.93. The van der Waals surface area contributed by atoms with E-state index in [9.17, 15) is 4.79 Å². The van der Waals surface area contributed by atoms with Crippen LogP contribution < -0.4 is 5.32 Å². The molecule has 0 fully saturated rings. The Labute approximate surface area is 153 Å². The van der Waals surface area contributed by atoms with Crippen molar-refractivity contribution in [1.82, 2.24) is 15.0 Å². The summed E-state index contributed by atoms with van der Waals surface area (Å²) in [5, 5.41) is 5.22. The van der Waals surface area contributed by atoms with Gasteiger partial charge in [-0.15, -0.1) is 11.3 Å². The molecule has 7 heteroatoms. The number of fused-ring (bicyclic) bond motifs is 2. The average Bonchev–Trinajstić information content (AvgIpc) is 3.00. The van der Waals surface area contributed by atoms with Gasteiger partial charge in [-0.3, -0.25) is 4.98 Å². The molecule has 0 aliphatic heterocycles. The third-order valence-corrected chi connectivity index (χ3v) is 5.25. The van der Waals surface area contributed by atoms with E-state index in [1.54, 1.807) is 13.1 Å². The highest BCUT2D eigenvalue weighted by molar-refractivity contribution is 7.20. The van der Waals surface area contributed by atoms with Crippen molar-refractivity contribution in [3.63, 3.8) is 0 Å². The fourth-order valence-electron chi connectivity index (χ4n) is 2.89. The van der Waals surface area contributed by atoms with Crippen LogP contribution in [0.4, 0.5) is 11.5 Å². The van der Waals surface area contributed by atoms with E-state index >= 15 is 0 Å². The van der Waals surface area contributed by atoms with E-state index in [-0.39, 0.29) is 5.97 Å². The third-order valence-electron chi connectivity index (χ3n) is 4.07. The molecule has 1 N–H and O–H groups in total. The van der Waals surface area contributed by atoms with Crippen LogP contribution in [-0.2, 0) is 4.74 Å². The number of nitrogens with zero attached hydrogens (tertiary/aromatic N) is 3.